The van der Waals surface area contributed by atoms with Gasteiger partial charge in [-0.15, -0.1) is 0 Å². The second-order valence-electron chi connectivity index (χ2n) is 6.84. The van der Waals surface area contributed by atoms with Gasteiger partial charge in [-0.25, -0.2) is 4.79 Å². The molecule has 2 amide bonds. The first-order chi connectivity index (χ1) is 14.9. The van der Waals surface area contributed by atoms with Crippen LogP contribution >= 0.6 is 24.0 Å². The molecular formula is C23H22N2O4S2. The molecule has 0 radical (unpaired) electrons. The molecule has 1 aliphatic heterocycles. The number of hydrogen-bond acceptors (Lipinski definition) is 6. The summed E-state index contributed by atoms with van der Waals surface area (Å²) in [5, 5.41) is 2.76. The number of anilines is 1. The molecule has 31 heavy (non-hydrogen) atoms. The summed E-state index contributed by atoms with van der Waals surface area (Å²) in [6.07, 6.45) is 1.91. The van der Waals surface area contributed by atoms with Crippen molar-refractivity contribution in [3.05, 3.63) is 70.1 Å². The maximum absolute atomic E-state index is 12.7. The number of nitrogens with one attached hydrogen (secondary N) is 1. The lowest BCUT2D eigenvalue weighted by Crippen LogP contribution is -2.31. The van der Waals surface area contributed by atoms with Crippen LogP contribution in [0.3, 0.4) is 0 Å². The van der Waals surface area contributed by atoms with Crippen LogP contribution in [0.25, 0.3) is 6.08 Å². The Kier molecular flexibility index (Phi) is 7.59. The standard InChI is InChI=1S/C23H22N2O4S2/c1-3-29-22(28)17-8-10-18(11-9-17)24-20(26)12-13-25-21(27)19(31-23(25)30)14-16-6-4-15(2)5-7-16/h4-11,14H,3,12-13H2,1-2H3,(H,24,26)/b19-14+. The fourth-order valence-corrected chi connectivity index (χ4v) is 4.16. The molecule has 0 spiro atoms. The lowest BCUT2D eigenvalue weighted by molar-refractivity contribution is -0.122. The molecule has 3 rings (SSSR count). The van der Waals surface area contributed by atoms with Crippen LogP contribution < -0.4 is 5.32 Å². The van der Waals surface area contributed by atoms with Gasteiger partial charge < -0.3 is 10.1 Å². The van der Waals surface area contributed by atoms with E-state index in [1.807, 2.05) is 37.3 Å². The van der Waals surface area contributed by atoms with E-state index in [0.717, 1.165) is 11.1 Å². The number of thiocarbonyl (C=S) groups is 1. The number of ether oxygens (including phenoxy) is 1. The second-order valence-corrected chi connectivity index (χ2v) is 8.52. The van der Waals surface area contributed by atoms with E-state index < -0.39 is 5.97 Å². The Labute approximate surface area is 190 Å². The fraction of sp³-hybridized carbons (Fsp3) is 0.217. The first-order valence-corrected chi connectivity index (χ1v) is 11.0. The Morgan fingerprint density at radius 3 is 2.45 bits per heavy atom. The third-order valence-electron chi connectivity index (χ3n) is 4.49. The summed E-state index contributed by atoms with van der Waals surface area (Å²) in [7, 11) is 0. The van der Waals surface area contributed by atoms with Gasteiger partial charge in [0.2, 0.25) is 5.91 Å². The van der Waals surface area contributed by atoms with E-state index in [9.17, 15) is 14.4 Å². The highest BCUT2D eigenvalue weighted by atomic mass is 32.2. The summed E-state index contributed by atoms with van der Waals surface area (Å²) < 4.78 is 5.37. The highest BCUT2D eigenvalue weighted by Crippen LogP contribution is 2.32. The monoisotopic (exact) mass is 454 g/mol. The topological polar surface area (TPSA) is 75.7 Å². The maximum atomic E-state index is 12.7. The van der Waals surface area contributed by atoms with Crippen molar-refractivity contribution in [3.8, 4) is 0 Å². The van der Waals surface area contributed by atoms with Gasteiger partial charge in [0.25, 0.3) is 5.91 Å². The number of hydrogen-bond donors (Lipinski definition) is 1. The van der Waals surface area contributed by atoms with Gasteiger partial charge in [-0.3, -0.25) is 14.5 Å². The Bertz CT molecular complexity index is 1030. The average Bonchev–Trinajstić information content (AvgIpc) is 3.01. The molecule has 1 fully saturated rings. The molecule has 1 N–H and O–H groups in total. The van der Waals surface area contributed by atoms with Crippen molar-refractivity contribution in [2.75, 3.05) is 18.5 Å². The predicted octanol–water partition coefficient (Wildman–Crippen LogP) is 4.40. The first-order valence-electron chi connectivity index (χ1n) is 9.76. The van der Waals surface area contributed by atoms with Gasteiger partial charge in [-0.1, -0.05) is 53.8 Å². The minimum absolute atomic E-state index is 0.101. The van der Waals surface area contributed by atoms with Crippen LogP contribution in [0.4, 0.5) is 5.69 Å². The molecule has 0 aromatic heterocycles. The molecular weight excluding hydrogens is 432 g/mol. The molecule has 1 saturated heterocycles. The lowest BCUT2D eigenvalue weighted by atomic mass is 10.1. The summed E-state index contributed by atoms with van der Waals surface area (Å²) >= 11 is 6.56. The second kappa shape index (κ2) is 10.4. The molecule has 160 valence electrons. The molecule has 8 heteroatoms. The van der Waals surface area contributed by atoms with Crippen molar-refractivity contribution in [2.45, 2.75) is 20.3 Å². The summed E-state index contributed by atoms with van der Waals surface area (Å²) in [5.74, 6) is -0.851. The van der Waals surface area contributed by atoms with Crippen LogP contribution in [0.1, 0.15) is 34.8 Å². The summed E-state index contributed by atoms with van der Waals surface area (Å²) in [4.78, 5) is 38.7. The zero-order valence-electron chi connectivity index (χ0n) is 17.2. The highest BCUT2D eigenvalue weighted by Gasteiger charge is 2.32. The lowest BCUT2D eigenvalue weighted by Gasteiger charge is -2.14. The van der Waals surface area contributed by atoms with Gasteiger partial charge in [0.15, 0.2) is 0 Å². The minimum atomic E-state index is -0.409. The van der Waals surface area contributed by atoms with E-state index in [2.05, 4.69) is 5.32 Å². The zero-order chi connectivity index (χ0) is 22.4. The summed E-state index contributed by atoms with van der Waals surface area (Å²) in [6, 6.07) is 14.3. The SMILES string of the molecule is CCOC(=O)c1ccc(NC(=O)CCN2C(=O)/C(=C\c3ccc(C)cc3)SC2=S)cc1. The fourth-order valence-electron chi connectivity index (χ4n) is 2.85. The van der Waals surface area contributed by atoms with Crippen molar-refractivity contribution in [1.82, 2.24) is 4.90 Å². The summed E-state index contributed by atoms with van der Waals surface area (Å²) in [6.45, 7) is 4.24. The van der Waals surface area contributed by atoms with E-state index >= 15 is 0 Å². The zero-order valence-corrected chi connectivity index (χ0v) is 18.8. The first kappa shape index (κ1) is 22.7. The highest BCUT2D eigenvalue weighted by molar-refractivity contribution is 8.26. The number of thioether (sulfide) groups is 1. The quantitative estimate of drug-likeness (QED) is 0.380. The largest absolute Gasteiger partial charge is 0.462 e. The molecule has 0 saturated carbocycles. The molecule has 0 atom stereocenters. The van der Waals surface area contributed by atoms with E-state index in [1.165, 1.54) is 16.7 Å². The van der Waals surface area contributed by atoms with Crippen LogP contribution in [0.5, 0.6) is 0 Å². The van der Waals surface area contributed by atoms with Gasteiger partial charge in [-0.05, 0) is 49.8 Å². The number of rotatable bonds is 7. The maximum Gasteiger partial charge on any atom is 0.338 e. The van der Waals surface area contributed by atoms with Gasteiger partial charge in [0.05, 0.1) is 17.1 Å². The van der Waals surface area contributed by atoms with Crippen LogP contribution in [0.2, 0.25) is 0 Å². The van der Waals surface area contributed by atoms with Crippen LogP contribution in [-0.4, -0.2) is 40.2 Å². The smallest absolute Gasteiger partial charge is 0.338 e. The predicted molar refractivity (Wildman–Crippen MR) is 127 cm³/mol. The Morgan fingerprint density at radius 1 is 1.13 bits per heavy atom. The number of esters is 1. The molecule has 1 aliphatic rings. The number of aryl methyl sites for hydroxylation is 1. The average molecular weight is 455 g/mol. The third-order valence-corrected chi connectivity index (χ3v) is 5.87. The number of benzene rings is 2. The molecule has 2 aromatic carbocycles. The number of carbonyl (C=O) groups excluding carboxylic acids is 3. The van der Waals surface area contributed by atoms with Crippen molar-refractivity contribution >= 4 is 57.8 Å². The Hall–Kier alpha value is -2.97. The van der Waals surface area contributed by atoms with E-state index in [-0.39, 0.29) is 24.8 Å². The van der Waals surface area contributed by atoms with E-state index in [4.69, 9.17) is 17.0 Å². The van der Waals surface area contributed by atoms with E-state index in [1.54, 1.807) is 31.2 Å². The number of nitrogens with zero attached hydrogens (tertiary/aromatic N) is 1. The molecule has 2 aromatic rings. The Balaban J connectivity index is 1.55. The molecule has 1 heterocycles. The molecule has 0 unspecified atom stereocenters. The molecule has 0 aliphatic carbocycles. The molecule has 6 nitrogen and oxygen atoms in total. The van der Waals surface area contributed by atoms with Crippen LogP contribution in [-0.2, 0) is 14.3 Å². The van der Waals surface area contributed by atoms with Gasteiger partial charge in [-0.2, -0.15) is 0 Å². The van der Waals surface area contributed by atoms with Crippen LogP contribution in [0, 0.1) is 6.92 Å². The van der Waals surface area contributed by atoms with Crippen molar-refractivity contribution in [3.63, 3.8) is 0 Å². The molecule has 0 bridgehead atoms. The van der Waals surface area contributed by atoms with E-state index in [0.29, 0.717) is 27.1 Å². The van der Waals surface area contributed by atoms with Gasteiger partial charge in [0, 0.05) is 18.7 Å². The van der Waals surface area contributed by atoms with Gasteiger partial charge >= 0.3 is 5.97 Å². The van der Waals surface area contributed by atoms with Crippen molar-refractivity contribution < 1.29 is 19.1 Å². The number of amides is 2. The number of carbonyl (C=O) groups is 3. The van der Waals surface area contributed by atoms with Crippen molar-refractivity contribution in [1.29, 1.82) is 0 Å². The normalized spacial score (nSPS) is 14.8. The Morgan fingerprint density at radius 2 is 1.81 bits per heavy atom. The summed E-state index contributed by atoms with van der Waals surface area (Å²) in [5.41, 5.74) is 3.04. The van der Waals surface area contributed by atoms with Crippen molar-refractivity contribution in [2.24, 2.45) is 0 Å². The minimum Gasteiger partial charge on any atom is -0.462 e. The third kappa shape index (κ3) is 6.02. The van der Waals surface area contributed by atoms with Crippen LogP contribution in [0.15, 0.2) is 53.4 Å². The van der Waals surface area contributed by atoms with Gasteiger partial charge in [0.1, 0.15) is 4.32 Å².